The molecule has 0 unspecified atom stereocenters. The normalized spacial score (nSPS) is 28.3. The van der Waals surface area contributed by atoms with Crippen LogP contribution in [0.5, 0.6) is 5.75 Å². The van der Waals surface area contributed by atoms with Gasteiger partial charge in [0.05, 0.1) is 18.3 Å². The van der Waals surface area contributed by atoms with Crippen molar-refractivity contribution in [1.82, 2.24) is 24.6 Å². The highest BCUT2D eigenvalue weighted by Crippen LogP contribution is 2.38. The topological polar surface area (TPSA) is 76.3 Å². The molecule has 1 aliphatic heterocycles. The summed E-state index contributed by atoms with van der Waals surface area (Å²) in [5.74, 6) is 2.88. The van der Waals surface area contributed by atoms with Gasteiger partial charge in [-0.3, -0.25) is 9.88 Å². The fourth-order valence-corrected chi connectivity index (χ4v) is 4.57. The molecule has 1 saturated heterocycles. The van der Waals surface area contributed by atoms with Gasteiger partial charge in [0.2, 0.25) is 0 Å². The van der Waals surface area contributed by atoms with Crippen LogP contribution in [0.4, 0.5) is 0 Å². The first kappa shape index (κ1) is 18.4. The van der Waals surface area contributed by atoms with Crippen LogP contribution in [0, 0.1) is 25.7 Å². The van der Waals surface area contributed by atoms with Gasteiger partial charge < -0.3 is 14.4 Å². The maximum Gasteiger partial charge on any atom is 0.146 e. The number of pyridine rings is 1. The molecular formula is C20H29N5O2. The van der Waals surface area contributed by atoms with E-state index in [9.17, 15) is 5.11 Å². The van der Waals surface area contributed by atoms with Crippen LogP contribution >= 0.6 is 0 Å². The molecule has 0 radical (unpaired) electrons. The predicted octanol–water partition coefficient (Wildman–Crippen LogP) is 1.96. The SMILES string of the molecule is CCn1cnnc1CN1C[C@H]2C[C@@H](Oc3ccc(C)nc3C)[C@H](O)C[C@H]2C1. The first-order valence-electron chi connectivity index (χ1n) is 9.91. The van der Waals surface area contributed by atoms with Crippen molar-refractivity contribution in [1.29, 1.82) is 0 Å². The number of aromatic nitrogens is 4. The number of fused-ring (bicyclic) bond motifs is 1. The Morgan fingerprint density at radius 2 is 1.96 bits per heavy atom. The van der Waals surface area contributed by atoms with Crippen LogP contribution in [-0.4, -0.2) is 55.1 Å². The first-order chi connectivity index (χ1) is 13.0. The molecule has 2 aromatic rings. The van der Waals surface area contributed by atoms with Gasteiger partial charge in [0.1, 0.15) is 24.0 Å². The minimum Gasteiger partial charge on any atom is -0.486 e. The molecule has 4 atom stereocenters. The van der Waals surface area contributed by atoms with Crippen molar-refractivity contribution in [2.75, 3.05) is 13.1 Å². The number of aryl methyl sites for hydroxylation is 3. The van der Waals surface area contributed by atoms with E-state index in [2.05, 4.69) is 31.6 Å². The van der Waals surface area contributed by atoms with E-state index in [1.807, 2.05) is 26.0 Å². The summed E-state index contributed by atoms with van der Waals surface area (Å²) in [5.41, 5.74) is 1.87. The van der Waals surface area contributed by atoms with Crippen LogP contribution in [0.2, 0.25) is 0 Å². The minimum absolute atomic E-state index is 0.159. The number of rotatable bonds is 5. The standard InChI is InChI=1S/C20H29N5O2/c1-4-25-12-21-23-20(25)11-24-9-15-7-17(26)19(8-16(15)10-24)27-18-6-5-13(2)22-14(18)3/h5-6,12,15-17,19,26H,4,7-11H2,1-3H3/t15-,16+,17+,19+/m0/s1. The second-order valence-corrected chi connectivity index (χ2v) is 7.98. The van der Waals surface area contributed by atoms with Gasteiger partial charge in [-0.05, 0) is 57.6 Å². The Bertz CT molecular complexity index is 792. The zero-order chi connectivity index (χ0) is 19.0. The summed E-state index contributed by atoms with van der Waals surface area (Å²) in [5, 5.41) is 18.9. The second-order valence-electron chi connectivity index (χ2n) is 7.98. The third-order valence-electron chi connectivity index (χ3n) is 6.02. The Labute approximate surface area is 160 Å². The van der Waals surface area contributed by atoms with E-state index in [4.69, 9.17) is 4.74 Å². The van der Waals surface area contributed by atoms with Gasteiger partial charge in [-0.25, -0.2) is 0 Å². The van der Waals surface area contributed by atoms with Crippen LogP contribution < -0.4 is 4.74 Å². The first-order valence-corrected chi connectivity index (χ1v) is 9.91. The van der Waals surface area contributed by atoms with Gasteiger partial charge in [0.25, 0.3) is 0 Å². The summed E-state index contributed by atoms with van der Waals surface area (Å²) >= 11 is 0. The van der Waals surface area contributed by atoms with E-state index >= 15 is 0 Å². The van der Waals surface area contributed by atoms with Crippen molar-refractivity contribution in [3.8, 4) is 5.75 Å². The van der Waals surface area contributed by atoms with Crippen molar-refractivity contribution in [3.63, 3.8) is 0 Å². The fraction of sp³-hybridized carbons (Fsp3) is 0.650. The smallest absolute Gasteiger partial charge is 0.146 e. The fourth-order valence-electron chi connectivity index (χ4n) is 4.57. The van der Waals surface area contributed by atoms with Crippen LogP contribution in [-0.2, 0) is 13.1 Å². The summed E-state index contributed by atoms with van der Waals surface area (Å²) in [6, 6.07) is 3.93. The summed E-state index contributed by atoms with van der Waals surface area (Å²) in [7, 11) is 0. The number of hydrogen-bond acceptors (Lipinski definition) is 6. The lowest BCUT2D eigenvalue weighted by Gasteiger charge is -2.35. The molecule has 146 valence electrons. The van der Waals surface area contributed by atoms with E-state index < -0.39 is 6.10 Å². The Morgan fingerprint density at radius 1 is 1.19 bits per heavy atom. The quantitative estimate of drug-likeness (QED) is 0.866. The largest absolute Gasteiger partial charge is 0.486 e. The molecule has 3 heterocycles. The molecule has 0 amide bonds. The molecule has 1 aliphatic carbocycles. The van der Waals surface area contributed by atoms with E-state index in [-0.39, 0.29) is 6.10 Å². The molecule has 2 aliphatic rings. The third kappa shape index (κ3) is 3.84. The van der Waals surface area contributed by atoms with Crippen LogP contribution in [0.1, 0.15) is 37.0 Å². The zero-order valence-corrected chi connectivity index (χ0v) is 16.4. The highest BCUT2D eigenvalue weighted by atomic mass is 16.5. The Hall–Kier alpha value is -1.99. The summed E-state index contributed by atoms with van der Waals surface area (Å²) in [6.45, 7) is 9.79. The van der Waals surface area contributed by atoms with Gasteiger partial charge in [-0.15, -0.1) is 10.2 Å². The second kappa shape index (κ2) is 7.56. The summed E-state index contributed by atoms with van der Waals surface area (Å²) in [4.78, 5) is 6.91. The van der Waals surface area contributed by atoms with Crippen molar-refractivity contribution in [2.45, 2.75) is 58.9 Å². The summed E-state index contributed by atoms with van der Waals surface area (Å²) < 4.78 is 8.27. The number of ether oxygens (including phenoxy) is 1. The molecule has 7 heteroatoms. The number of nitrogens with zero attached hydrogens (tertiary/aromatic N) is 5. The Balaban J connectivity index is 1.40. The Morgan fingerprint density at radius 3 is 2.70 bits per heavy atom. The van der Waals surface area contributed by atoms with Crippen molar-refractivity contribution < 1.29 is 9.84 Å². The molecular weight excluding hydrogens is 342 g/mol. The predicted molar refractivity (Wildman–Crippen MR) is 101 cm³/mol. The maximum atomic E-state index is 10.7. The molecule has 7 nitrogen and oxygen atoms in total. The molecule has 0 bridgehead atoms. The van der Waals surface area contributed by atoms with Gasteiger partial charge >= 0.3 is 0 Å². The maximum absolute atomic E-state index is 10.7. The monoisotopic (exact) mass is 371 g/mol. The van der Waals surface area contributed by atoms with E-state index in [0.717, 1.165) is 62.0 Å². The van der Waals surface area contributed by atoms with E-state index in [0.29, 0.717) is 11.8 Å². The van der Waals surface area contributed by atoms with Gasteiger partial charge in [0, 0.05) is 25.3 Å². The van der Waals surface area contributed by atoms with Crippen molar-refractivity contribution in [2.24, 2.45) is 11.8 Å². The lowest BCUT2D eigenvalue weighted by Crippen LogP contribution is -2.42. The molecule has 0 spiro atoms. The molecule has 2 aromatic heterocycles. The van der Waals surface area contributed by atoms with E-state index in [1.165, 1.54) is 0 Å². The van der Waals surface area contributed by atoms with Crippen molar-refractivity contribution >= 4 is 0 Å². The highest BCUT2D eigenvalue weighted by Gasteiger charge is 2.43. The minimum atomic E-state index is -0.425. The lowest BCUT2D eigenvalue weighted by atomic mass is 9.78. The summed E-state index contributed by atoms with van der Waals surface area (Å²) in [6.07, 6.45) is 2.89. The average Bonchev–Trinajstić information content (AvgIpc) is 3.23. The zero-order valence-electron chi connectivity index (χ0n) is 16.4. The van der Waals surface area contributed by atoms with Gasteiger partial charge in [0.15, 0.2) is 0 Å². The molecule has 1 saturated carbocycles. The number of likely N-dealkylation sites (tertiary alicyclic amines) is 1. The van der Waals surface area contributed by atoms with Crippen molar-refractivity contribution in [3.05, 3.63) is 35.7 Å². The molecule has 4 rings (SSSR count). The average molecular weight is 371 g/mol. The number of aliphatic hydroxyl groups excluding tert-OH is 1. The van der Waals surface area contributed by atoms with Crippen LogP contribution in [0.25, 0.3) is 0 Å². The lowest BCUT2D eigenvalue weighted by molar-refractivity contribution is -0.0236. The van der Waals surface area contributed by atoms with Crippen LogP contribution in [0.3, 0.4) is 0 Å². The Kier molecular flexibility index (Phi) is 5.14. The molecule has 27 heavy (non-hydrogen) atoms. The molecule has 0 aromatic carbocycles. The third-order valence-corrected chi connectivity index (χ3v) is 6.02. The van der Waals surface area contributed by atoms with Gasteiger partial charge in [-0.2, -0.15) is 0 Å². The molecule has 1 N–H and O–H groups in total. The molecule has 2 fully saturated rings. The number of aliphatic hydroxyl groups is 1. The number of hydrogen-bond donors (Lipinski definition) is 1. The van der Waals surface area contributed by atoms with Gasteiger partial charge in [-0.1, -0.05) is 0 Å². The van der Waals surface area contributed by atoms with Crippen LogP contribution in [0.15, 0.2) is 18.5 Å². The highest BCUT2D eigenvalue weighted by molar-refractivity contribution is 5.28. The van der Waals surface area contributed by atoms with E-state index in [1.54, 1.807) is 6.33 Å².